The SMILES string of the molecule is C=C(C)C(=O)OCCOCCOCCOc1ccc(CCCCCCCCC)cc1. The lowest BCUT2D eigenvalue weighted by atomic mass is 10.0. The molecule has 0 saturated carbocycles. The van der Waals surface area contributed by atoms with Crippen LogP contribution in [0, 0.1) is 0 Å². The van der Waals surface area contributed by atoms with E-state index in [1.54, 1.807) is 6.92 Å². The van der Waals surface area contributed by atoms with Crippen LogP contribution in [0.2, 0.25) is 0 Å². The molecule has 0 spiro atoms. The van der Waals surface area contributed by atoms with Crippen LogP contribution in [-0.4, -0.2) is 45.6 Å². The fourth-order valence-corrected chi connectivity index (χ4v) is 2.90. The van der Waals surface area contributed by atoms with E-state index in [0.29, 0.717) is 38.6 Å². The van der Waals surface area contributed by atoms with Gasteiger partial charge in [-0.05, 0) is 37.5 Å². The number of unbranched alkanes of at least 4 members (excludes halogenated alkanes) is 6. The van der Waals surface area contributed by atoms with Crippen LogP contribution in [0.1, 0.15) is 64.4 Å². The average Bonchev–Trinajstić information content (AvgIpc) is 2.75. The zero-order valence-corrected chi connectivity index (χ0v) is 19.0. The molecule has 0 bridgehead atoms. The second-order valence-corrected chi connectivity index (χ2v) is 7.50. The van der Waals surface area contributed by atoms with Gasteiger partial charge in [0.1, 0.15) is 19.0 Å². The van der Waals surface area contributed by atoms with Crippen molar-refractivity contribution in [2.24, 2.45) is 0 Å². The number of carbonyl (C=O) groups is 1. The van der Waals surface area contributed by atoms with Gasteiger partial charge in [0.25, 0.3) is 0 Å². The highest BCUT2D eigenvalue weighted by Crippen LogP contribution is 2.15. The summed E-state index contributed by atoms with van der Waals surface area (Å²) in [5, 5.41) is 0. The molecule has 1 rings (SSSR count). The maximum absolute atomic E-state index is 11.2. The monoisotopic (exact) mass is 420 g/mol. The number of hydrogen-bond donors (Lipinski definition) is 0. The van der Waals surface area contributed by atoms with Gasteiger partial charge in [-0.3, -0.25) is 0 Å². The summed E-state index contributed by atoms with van der Waals surface area (Å²) in [4.78, 5) is 11.2. The molecule has 5 nitrogen and oxygen atoms in total. The van der Waals surface area contributed by atoms with E-state index in [-0.39, 0.29) is 6.61 Å². The highest BCUT2D eigenvalue weighted by Gasteiger charge is 2.02. The van der Waals surface area contributed by atoms with Crippen LogP contribution < -0.4 is 4.74 Å². The highest BCUT2D eigenvalue weighted by atomic mass is 16.6. The number of benzene rings is 1. The zero-order valence-electron chi connectivity index (χ0n) is 19.0. The lowest BCUT2D eigenvalue weighted by Gasteiger charge is -2.09. The Morgan fingerprint density at radius 2 is 1.37 bits per heavy atom. The molecule has 0 saturated heterocycles. The van der Waals surface area contributed by atoms with E-state index in [4.69, 9.17) is 18.9 Å². The number of carbonyl (C=O) groups excluding carboxylic acids is 1. The zero-order chi connectivity index (χ0) is 21.9. The average molecular weight is 421 g/mol. The predicted octanol–water partition coefficient (Wildman–Crippen LogP) is 5.51. The van der Waals surface area contributed by atoms with Gasteiger partial charge in [0, 0.05) is 5.57 Å². The number of aryl methyl sites for hydroxylation is 1. The Morgan fingerprint density at radius 1 is 0.800 bits per heavy atom. The van der Waals surface area contributed by atoms with E-state index in [1.807, 2.05) is 12.1 Å². The molecule has 0 aliphatic heterocycles. The van der Waals surface area contributed by atoms with Crippen molar-refractivity contribution in [2.75, 3.05) is 39.6 Å². The van der Waals surface area contributed by atoms with Crippen LogP contribution in [-0.2, 0) is 25.4 Å². The molecule has 0 atom stereocenters. The molecule has 0 aliphatic carbocycles. The van der Waals surface area contributed by atoms with Gasteiger partial charge in [-0.2, -0.15) is 0 Å². The number of rotatable bonds is 19. The Hall–Kier alpha value is -1.85. The first-order valence-corrected chi connectivity index (χ1v) is 11.3. The normalized spacial score (nSPS) is 10.7. The summed E-state index contributed by atoms with van der Waals surface area (Å²) in [6, 6.07) is 8.38. The van der Waals surface area contributed by atoms with E-state index >= 15 is 0 Å². The lowest BCUT2D eigenvalue weighted by molar-refractivity contribution is -0.140. The van der Waals surface area contributed by atoms with Crippen molar-refractivity contribution in [3.63, 3.8) is 0 Å². The lowest BCUT2D eigenvalue weighted by Crippen LogP contribution is -2.14. The minimum Gasteiger partial charge on any atom is -0.491 e. The van der Waals surface area contributed by atoms with Crippen molar-refractivity contribution >= 4 is 5.97 Å². The Bertz CT molecular complexity index is 567. The summed E-state index contributed by atoms with van der Waals surface area (Å²) >= 11 is 0. The molecule has 0 N–H and O–H groups in total. The molecule has 1 aromatic carbocycles. The molecule has 170 valence electrons. The maximum Gasteiger partial charge on any atom is 0.333 e. The third-order valence-corrected chi connectivity index (χ3v) is 4.67. The number of hydrogen-bond acceptors (Lipinski definition) is 5. The number of ether oxygens (including phenoxy) is 4. The Morgan fingerprint density at radius 3 is 2.00 bits per heavy atom. The summed E-state index contributed by atoms with van der Waals surface area (Å²) < 4.78 is 21.4. The van der Waals surface area contributed by atoms with Gasteiger partial charge in [0.15, 0.2) is 0 Å². The smallest absolute Gasteiger partial charge is 0.333 e. The maximum atomic E-state index is 11.2. The second-order valence-electron chi connectivity index (χ2n) is 7.50. The third kappa shape index (κ3) is 14.2. The fraction of sp³-hybridized carbons (Fsp3) is 0.640. The molecule has 0 radical (unpaired) electrons. The van der Waals surface area contributed by atoms with Crippen molar-refractivity contribution in [3.05, 3.63) is 42.0 Å². The molecular formula is C25H40O5. The topological polar surface area (TPSA) is 54.0 Å². The second kappa shape index (κ2) is 18.0. The van der Waals surface area contributed by atoms with E-state index in [9.17, 15) is 4.79 Å². The van der Waals surface area contributed by atoms with Crippen LogP contribution in [0.5, 0.6) is 5.75 Å². The Labute approximate surface area is 182 Å². The summed E-state index contributed by atoms with van der Waals surface area (Å²) in [5.74, 6) is 0.482. The van der Waals surface area contributed by atoms with Crippen molar-refractivity contribution in [1.82, 2.24) is 0 Å². The van der Waals surface area contributed by atoms with Gasteiger partial charge in [-0.25, -0.2) is 4.79 Å². The summed E-state index contributed by atoms with van der Waals surface area (Å²) in [7, 11) is 0. The molecule has 5 heteroatoms. The van der Waals surface area contributed by atoms with E-state index in [1.165, 1.54) is 50.5 Å². The van der Waals surface area contributed by atoms with Crippen molar-refractivity contribution < 1.29 is 23.7 Å². The molecular weight excluding hydrogens is 380 g/mol. The Kier molecular flexibility index (Phi) is 15.7. The van der Waals surface area contributed by atoms with Crippen LogP contribution in [0.4, 0.5) is 0 Å². The molecule has 0 amide bonds. The molecule has 0 aliphatic rings. The van der Waals surface area contributed by atoms with Gasteiger partial charge in [0.2, 0.25) is 0 Å². The molecule has 0 unspecified atom stereocenters. The minimum atomic E-state index is -0.391. The first kappa shape index (κ1) is 26.2. The Balaban J connectivity index is 1.95. The van der Waals surface area contributed by atoms with Gasteiger partial charge >= 0.3 is 5.97 Å². The van der Waals surface area contributed by atoms with Crippen LogP contribution in [0.3, 0.4) is 0 Å². The molecule has 0 aromatic heterocycles. The van der Waals surface area contributed by atoms with Crippen molar-refractivity contribution in [1.29, 1.82) is 0 Å². The van der Waals surface area contributed by atoms with Crippen LogP contribution >= 0.6 is 0 Å². The predicted molar refractivity (Wildman–Crippen MR) is 121 cm³/mol. The minimum absolute atomic E-state index is 0.226. The summed E-state index contributed by atoms with van der Waals surface area (Å²) in [5.41, 5.74) is 1.76. The fourth-order valence-electron chi connectivity index (χ4n) is 2.90. The van der Waals surface area contributed by atoms with Gasteiger partial charge in [-0.1, -0.05) is 64.2 Å². The molecule has 0 heterocycles. The highest BCUT2D eigenvalue weighted by molar-refractivity contribution is 5.86. The van der Waals surface area contributed by atoms with Crippen molar-refractivity contribution in [2.45, 2.75) is 65.2 Å². The molecule has 1 aromatic rings. The van der Waals surface area contributed by atoms with Gasteiger partial charge in [0.05, 0.1) is 26.4 Å². The van der Waals surface area contributed by atoms with Gasteiger partial charge in [-0.15, -0.1) is 0 Å². The summed E-state index contributed by atoms with van der Waals surface area (Å²) in [6.07, 6.45) is 10.5. The van der Waals surface area contributed by atoms with Crippen LogP contribution in [0.25, 0.3) is 0 Å². The molecule has 0 fully saturated rings. The van der Waals surface area contributed by atoms with Crippen molar-refractivity contribution in [3.8, 4) is 5.75 Å². The molecule has 30 heavy (non-hydrogen) atoms. The first-order chi connectivity index (χ1) is 14.6. The quantitative estimate of drug-likeness (QED) is 0.168. The van der Waals surface area contributed by atoms with Gasteiger partial charge < -0.3 is 18.9 Å². The van der Waals surface area contributed by atoms with E-state index < -0.39 is 5.97 Å². The van der Waals surface area contributed by atoms with Crippen LogP contribution in [0.15, 0.2) is 36.4 Å². The third-order valence-electron chi connectivity index (χ3n) is 4.67. The first-order valence-electron chi connectivity index (χ1n) is 11.3. The van der Waals surface area contributed by atoms with E-state index in [2.05, 4.69) is 25.6 Å². The summed E-state index contributed by atoms with van der Waals surface area (Å²) in [6.45, 7) is 9.92. The number of esters is 1. The van der Waals surface area contributed by atoms with E-state index in [0.717, 1.165) is 12.2 Å². The largest absolute Gasteiger partial charge is 0.491 e. The standard InChI is InChI=1S/C25H40O5/c1-4-5-6-7-8-9-10-11-23-12-14-24(15-13-23)29-20-18-27-16-17-28-19-21-30-25(26)22(2)3/h12-15H,2,4-11,16-21H2,1,3H3.